The Bertz CT molecular complexity index is 526. The van der Waals surface area contributed by atoms with Crippen LogP contribution in [0, 0.1) is 11.6 Å². The lowest BCUT2D eigenvalue weighted by atomic mass is 10.2. The Labute approximate surface area is 98.2 Å². The van der Waals surface area contributed by atoms with Crippen LogP contribution in [0.15, 0.2) is 22.9 Å². The zero-order valence-corrected chi connectivity index (χ0v) is 9.58. The topological polar surface area (TPSA) is 56.7 Å². The molecule has 0 unspecified atom stereocenters. The average Bonchev–Trinajstić information content (AvgIpc) is 2.50. The van der Waals surface area contributed by atoms with E-state index in [0.717, 1.165) is 6.07 Å². The highest BCUT2D eigenvalue weighted by Gasteiger charge is 2.09. The Morgan fingerprint density at radius 1 is 1.38 bits per heavy atom. The van der Waals surface area contributed by atoms with Crippen molar-refractivity contribution in [3.63, 3.8) is 0 Å². The number of halogens is 3. The second-order valence-electron chi connectivity index (χ2n) is 3.13. The smallest absolute Gasteiger partial charge is 0.240 e. The van der Waals surface area contributed by atoms with Crippen LogP contribution in [-0.4, -0.2) is 14.8 Å². The quantitative estimate of drug-likeness (QED) is 0.919. The van der Waals surface area contributed by atoms with Crippen molar-refractivity contribution in [2.24, 2.45) is 0 Å². The van der Waals surface area contributed by atoms with Crippen LogP contribution in [-0.2, 0) is 6.54 Å². The predicted octanol–water partition coefficient (Wildman–Crippen LogP) is 1.95. The average molecular weight is 289 g/mol. The molecule has 2 rings (SSSR count). The van der Waals surface area contributed by atoms with Crippen molar-refractivity contribution in [1.82, 2.24) is 14.8 Å². The second-order valence-corrected chi connectivity index (χ2v) is 3.84. The number of benzene rings is 1. The van der Waals surface area contributed by atoms with E-state index in [1.54, 1.807) is 0 Å². The molecule has 0 saturated carbocycles. The molecule has 0 bridgehead atoms. The normalized spacial score (nSPS) is 10.7. The van der Waals surface area contributed by atoms with Crippen LogP contribution in [0.4, 0.5) is 14.7 Å². The third kappa shape index (κ3) is 2.19. The molecule has 0 amide bonds. The molecule has 0 atom stereocenters. The monoisotopic (exact) mass is 288 g/mol. The van der Waals surface area contributed by atoms with Crippen molar-refractivity contribution in [2.75, 3.05) is 5.73 Å². The van der Waals surface area contributed by atoms with Crippen LogP contribution in [0.5, 0.6) is 0 Å². The lowest BCUT2D eigenvalue weighted by Gasteiger charge is -2.03. The van der Waals surface area contributed by atoms with Gasteiger partial charge in [-0.1, -0.05) is 6.07 Å². The van der Waals surface area contributed by atoms with Gasteiger partial charge in [-0.05, 0) is 22.0 Å². The number of rotatable bonds is 2. The number of nitrogens with zero attached hydrogens (tertiary/aromatic N) is 3. The highest BCUT2D eigenvalue weighted by molar-refractivity contribution is 9.10. The summed E-state index contributed by atoms with van der Waals surface area (Å²) in [5.41, 5.74) is 5.68. The molecule has 0 aliphatic rings. The maximum atomic E-state index is 13.3. The van der Waals surface area contributed by atoms with Crippen LogP contribution >= 0.6 is 15.9 Å². The minimum atomic E-state index is -0.624. The number of anilines is 1. The van der Waals surface area contributed by atoms with E-state index in [1.165, 1.54) is 16.8 Å². The summed E-state index contributed by atoms with van der Waals surface area (Å²) >= 11 is 3.13. The Kier molecular flexibility index (Phi) is 2.86. The van der Waals surface area contributed by atoms with Gasteiger partial charge in [-0.15, -0.1) is 5.10 Å². The van der Waals surface area contributed by atoms with Gasteiger partial charge in [-0.3, -0.25) is 0 Å². The lowest BCUT2D eigenvalue weighted by molar-refractivity contribution is 0.556. The first-order valence-corrected chi connectivity index (χ1v) is 5.15. The molecular weight excluding hydrogens is 282 g/mol. The van der Waals surface area contributed by atoms with E-state index in [-0.39, 0.29) is 12.5 Å². The van der Waals surface area contributed by atoms with Gasteiger partial charge < -0.3 is 5.73 Å². The summed E-state index contributed by atoms with van der Waals surface area (Å²) < 4.78 is 27.8. The molecule has 0 aliphatic carbocycles. The summed E-state index contributed by atoms with van der Waals surface area (Å²) in [6.45, 7) is 0.136. The predicted molar refractivity (Wildman–Crippen MR) is 57.6 cm³/mol. The van der Waals surface area contributed by atoms with Gasteiger partial charge in [-0.2, -0.15) is 4.98 Å². The Hall–Kier alpha value is -1.50. The standard InChI is InChI=1S/C9H7BrF2N4/c10-8-14-9(13)15-16(8)4-5-1-2-6(11)3-7(5)12/h1-3H,4H2,(H2,13,15). The highest BCUT2D eigenvalue weighted by atomic mass is 79.9. The molecule has 0 fully saturated rings. The summed E-state index contributed by atoms with van der Waals surface area (Å²) in [6, 6.07) is 3.37. The maximum Gasteiger partial charge on any atom is 0.240 e. The van der Waals surface area contributed by atoms with Gasteiger partial charge in [0.25, 0.3) is 0 Å². The largest absolute Gasteiger partial charge is 0.366 e. The van der Waals surface area contributed by atoms with Crippen molar-refractivity contribution >= 4 is 21.9 Å². The molecule has 16 heavy (non-hydrogen) atoms. The summed E-state index contributed by atoms with van der Waals surface area (Å²) in [5.74, 6) is -1.14. The van der Waals surface area contributed by atoms with Crippen LogP contribution < -0.4 is 5.73 Å². The summed E-state index contributed by atoms with van der Waals surface area (Å²) in [7, 11) is 0. The second kappa shape index (κ2) is 4.17. The molecule has 4 nitrogen and oxygen atoms in total. The summed E-state index contributed by atoms with van der Waals surface area (Å²) in [6.07, 6.45) is 0. The van der Waals surface area contributed by atoms with Gasteiger partial charge in [0.2, 0.25) is 5.95 Å². The third-order valence-corrected chi connectivity index (χ3v) is 2.56. The number of hydrogen-bond acceptors (Lipinski definition) is 3. The van der Waals surface area contributed by atoms with Gasteiger partial charge in [0.15, 0.2) is 4.73 Å². The SMILES string of the molecule is Nc1nc(Br)n(Cc2ccc(F)cc2F)n1. The maximum absolute atomic E-state index is 13.3. The van der Waals surface area contributed by atoms with E-state index in [1.807, 2.05) is 0 Å². The molecule has 0 aliphatic heterocycles. The number of nitrogen functional groups attached to an aromatic ring is 1. The zero-order chi connectivity index (χ0) is 11.7. The molecule has 0 saturated heterocycles. The van der Waals surface area contributed by atoms with E-state index >= 15 is 0 Å². The lowest BCUT2D eigenvalue weighted by Crippen LogP contribution is -2.05. The van der Waals surface area contributed by atoms with Crippen LogP contribution in [0.1, 0.15) is 5.56 Å². The highest BCUT2D eigenvalue weighted by Crippen LogP contribution is 2.14. The van der Waals surface area contributed by atoms with Crippen LogP contribution in [0.2, 0.25) is 0 Å². The Morgan fingerprint density at radius 3 is 2.69 bits per heavy atom. The molecule has 0 spiro atoms. The van der Waals surface area contributed by atoms with E-state index in [2.05, 4.69) is 26.0 Å². The fourth-order valence-corrected chi connectivity index (χ4v) is 1.64. The van der Waals surface area contributed by atoms with E-state index in [4.69, 9.17) is 5.73 Å². The van der Waals surface area contributed by atoms with E-state index in [0.29, 0.717) is 10.3 Å². The van der Waals surface area contributed by atoms with Gasteiger partial charge in [0.05, 0.1) is 6.54 Å². The number of hydrogen-bond donors (Lipinski definition) is 1. The van der Waals surface area contributed by atoms with Gasteiger partial charge in [0.1, 0.15) is 11.6 Å². The fourth-order valence-electron chi connectivity index (χ4n) is 1.25. The van der Waals surface area contributed by atoms with E-state index < -0.39 is 11.6 Å². The molecule has 1 aromatic carbocycles. The minimum Gasteiger partial charge on any atom is -0.366 e. The van der Waals surface area contributed by atoms with Crippen molar-refractivity contribution in [2.45, 2.75) is 6.54 Å². The molecule has 2 N–H and O–H groups in total. The van der Waals surface area contributed by atoms with Crippen molar-refractivity contribution < 1.29 is 8.78 Å². The Morgan fingerprint density at radius 2 is 2.12 bits per heavy atom. The van der Waals surface area contributed by atoms with Gasteiger partial charge in [0, 0.05) is 11.6 Å². The van der Waals surface area contributed by atoms with Gasteiger partial charge in [-0.25, -0.2) is 13.5 Å². The third-order valence-electron chi connectivity index (χ3n) is 1.98. The van der Waals surface area contributed by atoms with Crippen molar-refractivity contribution in [3.8, 4) is 0 Å². The first kappa shape index (κ1) is 11.0. The molecule has 2 aromatic rings. The van der Waals surface area contributed by atoms with Crippen molar-refractivity contribution in [1.29, 1.82) is 0 Å². The molecule has 0 radical (unpaired) electrons. The minimum absolute atomic E-state index is 0.0920. The molecule has 7 heteroatoms. The first-order chi connectivity index (χ1) is 7.56. The number of aromatic nitrogens is 3. The fraction of sp³-hybridized carbons (Fsp3) is 0.111. The molecular formula is C9H7BrF2N4. The first-order valence-electron chi connectivity index (χ1n) is 4.36. The van der Waals surface area contributed by atoms with Crippen molar-refractivity contribution in [3.05, 3.63) is 40.1 Å². The Balaban J connectivity index is 2.30. The summed E-state index contributed by atoms with van der Waals surface area (Å²) in [5, 5.41) is 3.85. The zero-order valence-electron chi connectivity index (χ0n) is 7.99. The summed E-state index contributed by atoms with van der Waals surface area (Å²) in [4.78, 5) is 3.80. The van der Waals surface area contributed by atoms with Crippen LogP contribution in [0.25, 0.3) is 0 Å². The molecule has 1 heterocycles. The molecule has 84 valence electrons. The number of nitrogens with two attached hydrogens (primary N) is 1. The van der Waals surface area contributed by atoms with E-state index in [9.17, 15) is 8.78 Å². The molecule has 1 aromatic heterocycles. The van der Waals surface area contributed by atoms with Gasteiger partial charge >= 0.3 is 0 Å². The van der Waals surface area contributed by atoms with Crippen LogP contribution in [0.3, 0.4) is 0 Å².